The van der Waals surface area contributed by atoms with Crippen LogP contribution in [0.1, 0.15) is 6.42 Å². The first-order chi connectivity index (χ1) is 8.56. The fraction of sp³-hybridized carbons (Fsp3) is 0.364. The van der Waals surface area contributed by atoms with Crippen LogP contribution in [0.2, 0.25) is 0 Å². The summed E-state index contributed by atoms with van der Waals surface area (Å²) in [6, 6.07) is 5.18. The molecule has 0 radical (unpaired) electrons. The summed E-state index contributed by atoms with van der Waals surface area (Å²) in [5.74, 6) is -0.250. The number of halogens is 1. The minimum Gasteiger partial charge on any atom is -0.392 e. The van der Waals surface area contributed by atoms with Crippen LogP contribution in [0.15, 0.2) is 24.3 Å². The minimum atomic E-state index is -0.502. The van der Waals surface area contributed by atoms with E-state index in [4.69, 9.17) is 0 Å². The lowest BCUT2D eigenvalue weighted by Gasteiger charge is -2.10. The van der Waals surface area contributed by atoms with Gasteiger partial charge < -0.3 is 15.7 Å². The van der Waals surface area contributed by atoms with Crippen LogP contribution in [0, 0.1) is 10.1 Å². The molecule has 2 unspecified atom stereocenters. The quantitative estimate of drug-likeness (QED) is 0.560. The van der Waals surface area contributed by atoms with E-state index in [0.717, 1.165) is 0 Å². The molecular formula is C11H14ClN3O4. The number of anilines is 1. The number of amides is 1. The molecule has 3 N–H and O–H groups in total. The maximum Gasteiger partial charge on any atom is 0.269 e. The number of benzene rings is 1. The molecule has 1 aliphatic rings. The second-order valence-electron chi connectivity index (χ2n) is 4.14. The number of hydrogen-bond acceptors (Lipinski definition) is 5. The van der Waals surface area contributed by atoms with Crippen LogP contribution in [-0.2, 0) is 4.79 Å². The van der Waals surface area contributed by atoms with Crippen molar-refractivity contribution in [2.24, 2.45) is 0 Å². The maximum atomic E-state index is 11.8. The Balaban J connectivity index is 0.00000180. The molecule has 1 amide bonds. The molecule has 19 heavy (non-hydrogen) atoms. The number of carbonyl (C=O) groups is 1. The van der Waals surface area contributed by atoms with Crippen molar-refractivity contribution in [3.8, 4) is 0 Å². The summed E-state index contributed by atoms with van der Waals surface area (Å²) in [5, 5.41) is 25.3. The van der Waals surface area contributed by atoms with E-state index in [9.17, 15) is 20.0 Å². The van der Waals surface area contributed by atoms with Gasteiger partial charge in [-0.2, -0.15) is 0 Å². The molecule has 1 aromatic carbocycles. The minimum absolute atomic E-state index is 0. The van der Waals surface area contributed by atoms with Crippen molar-refractivity contribution in [1.82, 2.24) is 5.32 Å². The maximum absolute atomic E-state index is 11.8. The second kappa shape index (κ2) is 6.46. The molecule has 1 aromatic rings. The largest absolute Gasteiger partial charge is 0.392 e. The Morgan fingerprint density at radius 2 is 2.05 bits per heavy atom. The Labute approximate surface area is 115 Å². The topological polar surface area (TPSA) is 104 Å². The number of nitro benzene ring substituents is 1. The zero-order chi connectivity index (χ0) is 13.1. The average Bonchev–Trinajstić information content (AvgIpc) is 2.76. The van der Waals surface area contributed by atoms with Gasteiger partial charge in [-0.1, -0.05) is 0 Å². The van der Waals surface area contributed by atoms with E-state index in [1.807, 2.05) is 0 Å². The third-order valence-electron chi connectivity index (χ3n) is 2.77. The summed E-state index contributed by atoms with van der Waals surface area (Å²) >= 11 is 0. The van der Waals surface area contributed by atoms with Gasteiger partial charge in [0.25, 0.3) is 5.69 Å². The van der Waals surface area contributed by atoms with Crippen molar-refractivity contribution >= 4 is 29.7 Å². The molecule has 0 bridgehead atoms. The summed E-state index contributed by atoms with van der Waals surface area (Å²) in [5.41, 5.74) is 0.469. The predicted octanol–water partition coefficient (Wildman–Crippen LogP) is 0.678. The van der Waals surface area contributed by atoms with Gasteiger partial charge in [0, 0.05) is 24.4 Å². The van der Waals surface area contributed by atoms with Gasteiger partial charge in [-0.05, 0) is 18.6 Å². The van der Waals surface area contributed by atoms with E-state index in [0.29, 0.717) is 18.7 Å². The average molecular weight is 288 g/mol. The number of non-ortho nitro benzene ring substituents is 1. The highest BCUT2D eigenvalue weighted by atomic mass is 35.5. The van der Waals surface area contributed by atoms with Gasteiger partial charge in [0.15, 0.2) is 0 Å². The van der Waals surface area contributed by atoms with Crippen molar-refractivity contribution in [2.45, 2.75) is 18.6 Å². The number of carbonyl (C=O) groups excluding carboxylic acids is 1. The number of aliphatic hydroxyl groups excluding tert-OH is 1. The summed E-state index contributed by atoms with van der Waals surface area (Å²) in [6.45, 7) is 0.401. The lowest BCUT2D eigenvalue weighted by molar-refractivity contribution is -0.384. The molecule has 1 fully saturated rings. The molecular weight excluding hydrogens is 274 g/mol. The molecule has 0 spiro atoms. The molecule has 1 heterocycles. The lowest BCUT2D eigenvalue weighted by atomic mass is 10.2. The standard InChI is InChI=1S/C11H13N3O4.ClH/c15-9-5-10(12-6-9)11(16)13-7-1-3-8(4-2-7)14(17)18;/h1-4,9-10,12,15H,5-6H2,(H,13,16);1H. The molecule has 7 nitrogen and oxygen atoms in total. The summed E-state index contributed by atoms with van der Waals surface area (Å²) in [4.78, 5) is 21.7. The number of nitrogens with zero attached hydrogens (tertiary/aromatic N) is 1. The summed E-state index contributed by atoms with van der Waals surface area (Å²) in [6.07, 6.45) is -0.128. The van der Waals surface area contributed by atoms with Crippen LogP contribution < -0.4 is 10.6 Å². The van der Waals surface area contributed by atoms with E-state index in [-0.39, 0.29) is 24.0 Å². The van der Waals surface area contributed by atoms with Crippen molar-refractivity contribution in [3.05, 3.63) is 34.4 Å². The Kier molecular flexibility index (Phi) is 5.22. The molecule has 0 aliphatic carbocycles. The second-order valence-corrected chi connectivity index (χ2v) is 4.14. The zero-order valence-corrected chi connectivity index (χ0v) is 10.7. The van der Waals surface area contributed by atoms with E-state index >= 15 is 0 Å². The monoisotopic (exact) mass is 287 g/mol. The molecule has 0 saturated carbocycles. The third kappa shape index (κ3) is 3.88. The molecule has 2 rings (SSSR count). The SMILES string of the molecule is Cl.O=C(Nc1ccc([N+](=O)[O-])cc1)C1CC(O)CN1. The van der Waals surface area contributed by atoms with Crippen molar-refractivity contribution in [3.63, 3.8) is 0 Å². The Hall–Kier alpha value is -1.70. The van der Waals surface area contributed by atoms with E-state index < -0.39 is 17.1 Å². The Morgan fingerprint density at radius 3 is 2.53 bits per heavy atom. The highest BCUT2D eigenvalue weighted by molar-refractivity contribution is 5.95. The van der Waals surface area contributed by atoms with Gasteiger partial charge >= 0.3 is 0 Å². The number of hydrogen-bond donors (Lipinski definition) is 3. The Bertz CT molecular complexity index is 466. The van der Waals surface area contributed by atoms with Crippen LogP contribution in [-0.4, -0.2) is 34.6 Å². The van der Waals surface area contributed by atoms with Gasteiger partial charge in [-0.25, -0.2) is 0 Å². The van der Waals surface area contributed by atoms with Crippen LogP contribution in [0.4, 0.5) is 11.4 Å². The smallest absolute Gasteiger partial charge is 0.269 e. The van der Waals surface area contributed by atoms with Gasteiger partial charge in [0.1, 0.15) is 0 Å². The van der Waals surface area contributed by atoms with Crippen LogP contribution in [0.25, 0.3) is 0 Å². The van der Waals surface area contributed by atoms with Gasteiger partial charge in [0.05, 0.1) is 17.1 Å². The summed E-state index contributed by atoms with van der Waals surface area (Å²) in [7, 11) is 0. The normalized spacial score (nSPS) is 21.5. The predicted molar refractivity (Wildman–Crippen MR) is 71.4 cm³/mol. The van der Waals surface area contributed by atoms with E-state index in [1.165, 1.54) is 24.3 Å². The highest BCUT2D eigenvalue weighted by Crippen LogP contribution is 2.16. The number of rotatable bonds is 3. The molecule has 0 aromatic heterocycles. The number of aliphatic hydroxyl groups is 1. The number of nitro groups is 1. The lowest BCUT2D eigenvalue weighted by Crippen LogP contribution is -2.35. The molecule has 2 atom stereocenters. The Morgan fingerprint density at radius 1 is 1.42 bits per heavy atom. The van der Waals surface area contributed by atoms with E-state index in [2.05, 4.69) is 10.6 Å². The van der Waals surface area contributed by atoms with Crippen LogP contribution in [0.5, 0.6) is 0 Å². The molecule has 8 heteroatoms. The fourth-order valence-electron chi connectivity index (χ4n) is 1.81. The van der Waals surface area contributed by atoms with Crippen molar-refractivity contribution in [1.29, 1.82) is 0 Å². The summed E-state index contributed by atoms with van der Waals surface area (Å²) < 4.78 is 0. The van der Waals surface area contributed by atoms with Crippen molar-refractivity contribution in [2.75, 3.05) is 11.9 Å². The van der Waals surface area contributed by atoms with Crippen LogP contribution >= 0.6 is 12.4 Å². The molecule has 1 aliphatic heterocycles. The third-order valence-corrected chi connectivity index (χ3v) is 2.77. The van der Waals surface area contributed by atoms with E-state index in [1.54, 1.807) is 0 Å². The van der Waals surface area contributed by atoms with Gasteiger partial charge in [-0.3, -0.25) is 14.9 Å². The first kappa shape index (κ1) is 15.4. The highest BCUT2D eigenvalue weighted by Gasteiger charge is 2.27. The van der Waals surface area contributed by atoms with Gasteiger partial charge in [0.2, 0.25) is 5.91 Å². The zero-order valence-electron chi connectivity index (χ0n) is 9.91. The molecule has 104 valence electrons. The first-order valence-corrected chi connectivity index (χ1v) is 5.53. The fourth-order valence-corrected chi connectivity index (χ4v) is 1.81. The molecule has 1 saturated heterocycles. The van der Waals surface area contributed by atoms with Crippen LogP contribution in [0.3, 0.4) is 0 Å². The van der Waals surface area contributed by atoms with Gasteiger partial charge in [-0.15, -0.1) is 12.4 Å². The van der Waals surface area contributed by atoms with Crippen molar-refractivity contribution < 1.29 is 14.8 Å². The number of β-amino-alcohol motifs (C(OH)–C–C–N with tert-alkyl or cyclic N) is 1. The number of nitrogens with one attached hydrogen (secondary N) is 2. The first-order valence-electron chi connectivity index (χ1n) is 5.53.